The molecular formula is C36H39NO6. The quantitative estimate of drug-likeness (QED) is 0.102. The van der Waals surface area contributed by atoms with Gasteiger partial charge in [0.15, 0.2) is 0 Å². The van der Waals surface area contributed by atoms with Gasteiger partial charge in [-0.25, -0.2) is 0 Å². The molecule has 0 saturated heterocycles. The van der Waals surface area contributed by atoms with E-state index in [1.165, 1.54) is 0 Å². The Morgan fingerprint density at radius 3 is 0.930 bits per heavy atom. The molecule has 0 heterocycles. The van der Waals surface area contributed by atoms with Crippen LogP contribution in [0.2, 0.25) is 0 Å². The van der Waals surface area contributed by atoms with E-state index in [-0.39, 0.29) is 37.2 Å². The number of carbonyl (C=O) groups excluding carboxylic acids is 3. The van der Waals surface area contributed by atoms with Gasteiger partial charge in [0, 0.05) is 36.3 Å². The van der Waals surface area contributed by atoms with E-state index in [1.807, 2.05) is 72.8 Å². The molecule has 0 radical (unpaired) electrons. The summed E-state index contributed by atoms with van der Waals surface area (Å²) >= 11 is 0. The Kier molecular flexibility index (Phi) is 12.1. The fraction of sp³-hybridized carbons (Fsp3) is 0.250. The highest BCUT2D eigenvalue weighted by molar-refractivity contribution is 5.77. The van der Waals surface area contributed by atoms with Gasteiger partial charge >= 0.3 is 17.9 Å². The monoisotopic (exact) mass is 581 g/mol. The third kappa shape index (κ3) is 11.1. The standard InChI is InChI=1S/C36H39NO6/c1-25(2)41-34(38)22-13-28-7-16-31(17-8-28)37(32-18-9-29(10-19-32)14-23-35(39)42-26(3)4)33-20-11-30(12-21-33)15-24-36(40)43-27(5)6/h7-12,16-21H,1,3,5,13-15,22-24H2,2,4,6H3. The van der Waals surface area contributed by atoms with Crippen LogP contribution in [0.3, 0.4) is 0 Å². The number of anilines is 3. The van der Waals surface area contributed by atoms with Gasteiger partial charge < -0.3 is 19.1 Å². The summed E-state index contributed by atoms with van der Waals surface area (Å²) in [6.45, 7) is 15.8. The lowest BCUT2D eigenvalue weighted by Crippen LogP contribution is -2.11. The molecule has 0 N–H and O–H groups in total. The van der Waals surface area contributed by atoms with Gasteiger partial charge in [0.2, 0.25) is 0 Å². The number of benzene rings is 3. The highest BCUT2D eigenvalue weighted by Crippen LogP contribution is 2.35. The van der Waals surface area contributed by atoms with Crippen LogP contribution < -0.4 is 4.90 Å². The highest BCUT2D eigenvalue weighted by Gasteiger charge is 2.14. The largest absolute Gasteiger partial charge is 0.432 e. The van der Waals surface area contributed by atoms with E-state index >= 15 is 0 Å². The number of allylic oxidation sites excluding steroid dienone is 3. The lowest BCUT2D eigenvalue weighted by atomic mass is 10.1. The normalized spacial score (nSPS) is 10.4. The van der Waals surface area contributed by atoms with Crippen LogP contribution in [0.15, 0.2) is 110 Å². The molecule has 0 amide bonds. The van der Waals surface area contributed by atoms with Crippen LogP contribution in [-0.2, 0) is 47.9 Å². The van der Waals surface area contributed by atoms with Crippen molar-refractivity contribution >= 4 is 35.0 Å². The Labute approximate surface area is 254 Å². The number of hydrogen-bond acceptors (Lipinski definition) is 7. The fourth-order valence-electron chi connectivity index (χ4n) is 4.36. The number of aryl methyl sites for hydroxylation is 3. The van der Waals surface area contributed by atoms with Crippen LogP contribution in [0, 0.1) is 0 Å². The predicted octanol–water partition coefficient (Wildman–Crippen LogP) is 8.18. The van der Waals surface area contributed by atoms with Gasteiger partial charge in [-0.1, -0.05) is 56.1 Å². The minimum atomic E-state index is -0.306. The number of ether oxygens (including phenoxy) is 3. The van der Waals surface area contributed by atoms with Crippen molar-refractivity contribution in [1.82, 2.24) is 0 Å². The van der Waals surface area contributed by atoms with Gasteiger partial charge in [0.1, 0.15) is 0 Å². The maximum Gasteiger partial charge on any atom is 0.311 e. The van der Waals surface area contributed by atoms with Crippen LogP contribution in [0.1, 0.15) is 56.7 Å². The highest BCUT2D eigenvalue weighted by atomic mass is 16.5. The Hall–Kier alpha value is -4.91. The molecule has 0 aromatic heterocycles. The van der Waals surface area contributed by atoms with Crippen LogP contribution >= 0.6 is 0 Å². The average molecular weight is 582 g/mol. The molecule has 0 aliphatic rings. The van der Waals surface area contributed by atoms with Crippen molar-refractivity contribution in [3.63, 3.8) is 0 Å². The first-order chi connectivity index (χ1) is 20.5. The summed E-state index contributed by atoms with van der Waals surface area (Å²) in [5, 5.41) is 0. The second-order valence-corrected chi connectivity index (χ2v) is 10.4. The first kappa shape index (κ1) is 32.6. The van der Waals surface area contributed by atoms with Crippen molar-refractivity contribution in [2.45, 2.75) is 59.3 Å². The Morgan fingerprint density at radius 1 is 0.488 bits per heavy atom. The van der Waals surface area contributed by atoms with E-state index in [4.69, 9.17) is 14.2 Å². The van der Waals surface area contributed by atoms with Gasteiger partial charge in [0.05, 0.1) is 17.3 Å². The van der Waals surface area contributed by atoms with Gasteiger partial charge in [-0.05, 0) is 93.1 Å². The third-order valence-corrected chi connectivity index (χ3v) is 6.30. The summed E-state index contributed by atoms with van der Waals surface area (Å²) in [7, 11) is 0. The molecular weight excluding hydrogens is 542 g/mol. The molecule has 3 rings (SSSR count). The zero-order valence-corrected chi connectivity index (χ0v) is 25.2. The lowest BCUT2D eigenvalue weighted by Gasteiger charge is -2.26. The van der Waals surface area contributed by atoms with Crippen LogP contribution in [0.4, 0.5) is 17.1 Å². The molecule has 0 unspecified atom stereocenters. The number of esters is 3. The summed E-state index contributed by atoms with van der Waals surface area (Å²) in [6, 6.07) is 24.1. The predicted molar refractivity (Wildman–Crippen MR) is 169 cm³/mol. The van der Waals surface area contributed by atoms with Crippen LogP contribution in [0.5, 0.6) is 0 Å². The maximum absolute atomic E-state index is 11.9. The van der Waals surface area contributed by atoms with Crippen molar-refractivity contribution in [2.24, 2.45) is 0 Å². The Balaban J connectivity index is 1.81. The molecule has 224 valence electrons. The molecule has 0 saturated carbocycles. The first-order valence-corrected chi connectivity index (χ1v) is 14.2. The zero-order valence-electron chi connectivity index (χ0n) is 25.2. The fourth-order valence-corrected chi connectivity index (χ4v) is 4.36. The van der Waals surface area contributed by atoms with Crippen LogP contribution in [-0.4, -0.2) is 17.9 Å². The summed E-state index contributed by atoms with van der Waals surface area (Å²) in [5.41, 5.74) is 5.83. The number of carbonyl (C=O) groups is 3. The van der Waals surface area contributed by atoms with E-state index in [2.05, 4.69) is 24.6 Å². The van der Waals surface area contributed by atoms with Crippen molar-refractivity contribution in [2.75, 3.05) is 4.90 Å². The minimum absolute atomic E-state index is 0.263. The lowest BCUT2D eigenvalue weighted by molar-refractivity contribution is -0.140. The average Bonchev–Trinajstić information content (AvgIpc) is 2.95. The molecule has 7 nitrogen and oxygen atoms in total. The molecule has 0 bridgehead atoms. The molecule has 0 fully saturated rings. The summed E-state index contributed by atoms with van der Waals surface area (Å²) in [5.74, 6) is 0.224. The topological polar surface area (TPSA) is 82.1 Å². The van der Waals surface area contributed by atoms with Gasteiger partial charge in [-0.2, -0.15) is 0 Å². The molecule has 0 aliphatic carbocycles. The molecule has 3 aromatic carbocycles. The molecule has 0 aliphatic heterocycles. The van der Waals surface area contributed by atoms with Crippen molar-refractivity contribution in [3.8, 4) is 0 Å². The number of hydrogen-bond donors (Lipinski definition) is 0. The smallest absolute Gasteiger partial charge is 0.311 e. The van der Waals surface area contributed by atoms with Gasteiger partial charge in [-0.3, -0.25) is 14.4 Å². The number of rotatable bonds is 15. The molecule has 0 spiro atoms. The summed E-state index contributed by atoms with van der Waals surface area (Å²) in [6.07, 6.45) is 2.45. The van der Waals surface area contributed by atoms with Crippen LogP contribution in [0.25, 0.3) is 0 Å². The van der Waals surface area contributed by atoms with E-state index < -0.39 is 0 Å². The molecule has 0 atom stereocenters. The van der Waals surface area contributed by atoms with Crippen molar-refractivity contribution in [1.29, 1.82) is 0 Å². The minimum Gasteiger partial charge on any atom is -0.432 e. The Morgan fingerprint density at radius 2 is 0.721 bits per heavy atom. The van der Waals surface area contributed by atoms with E-state index in [0.717, 1.165) is 33.8 Å². The number of nitrogens with zero attached hydrogens (tertiary/aromatic N) is 1. The molecule has 43 heavy (non-hydrogen) atoms. The van der Waals surface area contributed by atoms with E-state index in [0.29, 0.717) is 36.5 Å². The second kappa shape index (κ2) is 15.9. The first-order valence-electron chi connectivity index (χ1n) is 14.2. The summed E-state index contributed by atoms with van der Waals surface area (Å²) < 4.78 is 15.2. The zero-order chi connectivity index (χ0) is 31.4. The summed E-state index contributed by atoms with van der Waals surface area (Å²) in [4.78, 5) is 37.9. The molecule has 3 aromatic rings. The third-order valence-electron chi connectivity index (χ3n) is 6.30. The molecule has 7 heteroatoms. The SMILES string of the molecule is C=C(C)OC(=O)CCc1ccc(N(c2ccc(CCC(=O)OC(=C)C)cc2)c2ccc(CCC(=O)OC(=C)C)cc2)cc1. The van der Waals surface area contributed by atoms with Gasteiger partial charge in [-0.15, -0.1) is 0 Å². The second-order valence-electron chi connectivity index (χ2n) is 10.4. The van der Waals surface area contributed by atoms with Gasteiger partial charge in [0.25, 0.3) is 0 Å². The van der Waals surface area contributed by atoms with E-state index in [1.54, 1.807) is 20.8 Å². The van der Waals surface area contributed by atoms with E-state index in [9.17, 15) is 14.4 Å². The Bertz CT molecular complexity index is 1270. The van der Waals surface area contributed by atoms with Crippen molar-refractivity contribution < 1.29 is 28.6 Å². The van der Waals surface area contributed by atoms with Crippen molar-refractivity contribution in [3.05, 3.63) is 127 Å². The maximum atomic E-state index is 11.9.